The van der Waals surface area contributed by atoms with Crippen LogP contribution < -0.4 is 14.8 Å². The van der Waals surface area contributed by atoms with Crippen LogP contribution in [-0.4, -0.2) is 37.7 Å². The summed E-state index contributed by atoms with van der Waals surface area (Å²) >= 11 is 7.32. The van der Waals surface area contributed by atoms with Gasteiger partial charge >= 0.3 is 0 Å². The number of amides is 1. The Morgan fingerprint density at radius 3 is 2.81 bits per heavy atom. The highest BCUT2D eigenvalue weighted by molar-refractivity contribution is 8.00. The van der Waals surface area contributed by atoms with Crippen LogP contribution in [0.3, 0.4) is 0 Å². The Bertz CT molecular complexity index is 917. The number of pyridine rings is 1. The fraction of sp³-hybridized carbons (Fsp3) is 0.133. The summed E-state index contributed by atoms with van der Waals surface area (Å²) < 4.78 is 10.3. The van der Waals surface area contributed by atoms with Crippen molar-refractivity contribution in [2.75, 3.05) is 11.8 Å². The Kier molecular flexibility index (Phi) is 5.54. The highest BCUT2D eigenvalue weighted by Gasteiger charge is 2.09. The highest BCUT2D eigenvalue weighted by atomic mass is 35.5. The molecule has 0 fully saturated rings. The van der Waals surface area contributed by atoms with Crippen molar-refractivity contribution in [3.63, 3.8) is 0 Å². The maximum atomic E-state index is 11.5. The lowest BCUT2D eigenvalue weighted by Gasteiger charge is -2.08. The SMILES string of the molecule is CNC(=O)c1ccc(Oc2cc(Cl)nc(NSc3cnn(C)c3)n2)cn1. The molecule has 0 aliphatic carbocycles. The van der Waals surface area contributed by atoms with Crippen LogP contribution in [0.1, 0.15) is 10.5 Å². The molecule has 3 aromatic rings. The van der Waals surface area contributed by atoms with Crippen LogP contribution >= 0.6 is 23.5 Å². The fourth-order valence-corrected chi connectivity index (χ4v) is 2.65. The molecule has 0 aliphatic heterocycles. The molecular weight excluding hydrogens is 378 g/mol. The van der Waals surface area contributed by atoms with Crippen molar-refractivity contribution in [3.8, 4) is 11.6 Å². The van der Waals surface area contributed by atoms with Crippen LogP contribution in [0.5, 0.6) is 11.6 Å². The molecule has 11 heteroatoms. The molecule has 3 aromatic heterocycles. The second-order valence-electron chi connectivity index (χ2n) is 4.97. The fourth-order valence-electron chi connectivity index (χ4n) is 1.87. The Labute approximate surface area is 158 Å². The number of carbonyl (C=O) groups is 1. The van der Waals surface area contributed by atoms with E-state index in [1.807, 2.05) is 13.2 Å². The van der Waals surface area contributed by atoms with E-state index in [2.05, 4.69) is 30.1 Å². The first-order valence-electron chi connectivity index (χ1n) is 7.35. The van der Waals surface area contributed by atoms with Gasteiger partial charge in [0.2, 0.25) is 11.8 Å². The lowest BCUT2D eigenvalue weighted by molar-refractivity contribution is 0.0958. The number of nitrogens with one attached hydrogen (secondary N) is 2. The predicted octanol–water partition coefficient (Wildman–Crippen LogP) is 2.53. The van der Waals surface area contributed by atoms with Crippen molar-refractivity contribution in [1.82, 2.24) is 30.0 Å². The predicted molar refractivity (Wildman–Crippen MR) is 97.4 cm³/mol. The number of nitrogens with zero attached hydrogens (tertiary/aromatic N) is 5. The van der Waals surface area contributed by atoms with E-state index in [1.54, 1.807) is 23.0 Å². The normalized spacial score (nSPS) is 10.4. The van der Waals surface area contributed by atoms with E-state index in [9.17, 15) is 4.79 Å². The van der Waals surface area contributed by atoms with Crippen LogP contribution in [-0.2, 0) is 7.05 Å². The van der Waals surface area contributed by atoms with Crippen LogP contribution in [0.2, 0.25) is 5.15 Å². The van der Waals surface area contributed by atoms with E-state index in [0.717, 1.165) is 4.90 Å². The third-order valence-electron chi connectivity index (χ3n) is 3.03. The summed E-state index contributed by atoms with van der Waals surface area (Å²) in [6, 6.07) is 4.65. The summed E-state index contributed by atoms with van der Waals surface area (Å²) in [6.07, 6.45) is 4.98. The minimum atomic E-state index is -0.277. The summed E-state index contributed by atoms with van der Waals surface area (Å²) in [5, 5.41) is 6.79. The van der Waals surface area contributed by atoms with Crippen molar-refractivity contribution in [1.29, 1.82) is 0 Å². The number of aromatic nitrogens is 5. The first-order chi connectivity index (χ1) is 12.5. The van der Waals surface area contributed by atoms with Gasteiger partial charge in [0.05, 0.1) is 17.3 Å². The van der Waals surface area contributed by atoms with E-state index >= 15 is 0 Å². The van der Waals surface area contributed by atoms with E-state index in [1.165, 1.54) is 31.3 Å². The number of ether oxygens (including phenoxy) is 1. The van der Waals surface area contributed by atoms with Crippen molar-refractivity contribution in [3.05, 3.63) is 47.6 Å². The number of carbonyl (C=O) groups excluding carboxylic acids is 1. The summed E-state index contributed by atoms with van der Waals surface area (Å²) in [6.45, 7) is 0. The average molecular weight is 392 g/mol. The Morgan fingerprint density at radius 1 is 1.31 bits per heavy atom. The summed E-state index contributed by atoms with van der Waals surface area (Å²) in [7, 11) is 3.37. The van der Waals surface area contributed by atoms with Crippen molar-refractivity contribution in [2.24, 2.45) is 7.05 Å². The van der Waals surface area contributed by atoms with Gasteiger partial charge in [-0.2, -0.15) is 10.1 Å². The van der Waals surface area contributed by atoms with Gasteiger partial charge in [-0.3, -0.25) is 14.2 Å². The Hall–Kier alpha value is -2.85. The highest BCUT2D eigenvalue weighted by Crippen LogP contribution is 2.25. The van der Waals surface area contributed by atoms with E-state index in [0.29, 0.717) is 5.75 Å². The number of aryl methyl sites for hydroxylation is 1. The number of hydrogen-bond donors (Lipinski definition) is 2. The van der Waals surface area contributed by atoms with Gasteiger partial charge in [-0.1, -0.05) is 11.6 Å². The molecule has 0 saturated carbocycles. The summed E-state index contributed by atoms with van der Waals surface area (Å²) in [5.74, 6) is 0.670. The van der Waals surface area contributed by atoms with Gasteiger partial charge in [-0.05, 0) is 24.1 Å². The quantitative estimate of drug-likeness (QED) is 0.487. The van der Waals surface area contributed by atoms with Gasteiger partial charge in [0.25, 0.3) is 5.91 Å². The largest absolute Gasteiger partial charge is 0.437 e. The molecule has 134 valence electrons. The van der Waals surface area contributed by atoms with Gasteiger partial charge < -0.3 is 10.1 Å². The number of anilines is 1. The molecule has 1 amide bonds. The average Bonchev–Trinajstić information content (AvgIpc) is 3.05. The van der Waals surface area contributed by atoms with Crippen molar-refractivity contribution < 1.29 is 9.53 Å². The van der Waals surface area contributed by atoms with Gasteiger partial charge in [-0.25, -0.2) is 9.97 Å². The lowest BCUT2D eigenvalue weighted by atomic mass is 10.3. The summed E-state index contributed by atoms with van der Waals surface area (Å²) in [4.78, 5) is 24.7. The zero-order valence-electron chi connectivity index (χ0n) is 13.8. The molecule has 3 heterocycles. The van der Waals surface area contributed by atoms with Crippen molar-refractivity contribution >= 4 is 35.4 Å². The molecule has 0 radical (unpaired) electrons. The monoisotopic (exact) mass is 391 g/mol. The Balaban J connectivity index is 1.69. The standard InChI is InChI=1S/C15H14ClN7O2S/c1-17-14(24)11-4-3-9(6-18-11)25-13-5-12(16)20-15(21-13)22-26-10-7-19-23(2)8-10/h3-8H,1-2H3,(H,17,24)(H,20,21,22). The lowest BCUT2D eigenvalue weighted by Crippen LogP contribution is -2.18. The second-order valence-corrected chi connectivity index (χ2v) is 6.23. The molecule has 0 atom stereocenters. The minimum absolute atomic E-state index is 0.222. The smallest absolute Gasteiger partial charge is 0.269 e. The van der Waals surface area contributed by atoms with Crippen LogP contribution in [0.4, 0.5) is 5.95 Å². The zero-order chi connectivity index (χ0) is 18.5. The molecule has 0 unspecified atom stereocenters. The van der Waals surface area contributed by atoms with Crippen LogP contribution in [0.15, 0.2) is 41.7 Å². The molecule has 2 N–H and O–H groups in total. The molecule has 0 saturated heterocycles. The number of halogens is 1. The van der Waals surface area contributed by atoms with E-state index in [-0.39, 0.29) is 28.6 Å². The maximum Gasteiger partial charge on any atom is 0.269 e. The molecule has 9 nitrogen and oxygen atoms in total. The van der Waals surface area contributed by atoms with E-state index < -0.39 is 0 Å². The topological polar surface area (TPSA) is 107 Å². The van der Waals surface area contributed by atoms with E-state index in [4.69, 9.17) is 16.3 Å². The first-order valence-corrected chi connectivity index (χ1v) is 8.55. The van der Waals surface area contributed by atoms with Crippen LogP contribution in [0.25, 0.3) is 0 Å². The minimum Gasteiger partial charge on any atom is -0.437 e. The molecule has 3 rings (SSSR count). The van der Waals surface area contributed by atoms with Gasteiger partial charge in [0, 0.05) is 26.4 Å². The van der Waals surface area contributed by atoms with Crippen LogP contribution in [0, 0.1) is 0 Å². The second kappa shape index (κ2) is 8.02. The third kappa shape index (κ3) is 4.61. The molecule has 26 heavy (non-hydrogen) atoms. The summed E-state index contributed by atoms with van der Waals surface area (Å²) in [5.41, 5.74) is 0.288. The number of rotatable bonds is 6. The van der Waals surface area contributed by atoms with Gasteiger partial charge in [0.15, 0.2) is 0 Å². The van der Waals surface area contributed by atoms with Gasteiger partial charge in [0.1, 0.15) is 16.6 Å². The molecule has 0 aliphatic rings. The Morgan fingerprint density at radius 2 is 2.15 bits per heavy atom. The molecule has 0 aromatic carbocycles. The molecule has 0 spiro atoms. The van der Waals surface area contributed by atoms with Gasteiger partial charge in [-0.15, -0.1) is 0 Å². The maximum absolute atomic E-state index is 11.5. The third-order valence-corrected chi connectivity index (χ3v) is 3.96. The number of hydrogen-bond acceptors (Lipinski definition) is 8. The zero-order valence-corrected chi connectivity index (χ0v) is 15.4. The molecule has 0 bridgehead atoms. The molecular formula is C15H14ClN7O2S. The first kappa shape index (κ1) is 18.0. The van der Waals surface area contributed by atoms with Crippen molar-refractivity contribution in [2.45, 2.75) is 4.90 Å².